The van der Waals surface area contributed by atoms with E-state index in [0.29, 0.717) is 24.0 Å². The molecule has 0 atom stereocenters. The lowest BCUT2D eigenvalue weighted by Gasteiger charge is -2.31. The van der Waals surface area contributed by atoms with Crippen LogP contribution in [0.25, 0.3) is 0 Å². The minimum atomic E-state index is 0.352. The number of benzene rings is 2. The van der Waals surface area contributed by atoms with E-state index >= 15 is 0 Å². The van der Waals surface area contributed by atoms with Gasteiger partial charge < -0.3 is 4.79 Å². The fraction of sp³-hybridized carbons (Fsp3) is 0.550. The Kier molecular flexibility index (Phi) is 14.5. The zero-order valence-corrected chi connectivity index (χ0v) is 27.1. The molecule has 2 heteroatoms. The van der Waals surface area contributed by atoms with Crippen molar-refractivity contribution >= 4 is 12.6 Å². The fourth-order valence-electron chi connectivity index (χ4n) is 7.52. The van der Waals surface area contributed by atoms with Gasteiger partial charge in [-0.3, -0.25) is 4.79 Å². The van der Waals surface area contributed by atoms with Gasteiger partial charge in [-0.1, -0.05) is 112 Å². The van der Waals surface area contributed by atoms with E-state index in [1.54, 1.807) is 11.1 Å². The zero-order chi connectivity index (χ0) is 30.3. The summed E-state index contributed by atoms with van der Waals surface area (Å²) in [5.41, 5.74) is 9.91. The second-order valence-corrected chi connectivity index (χ2v) is 12.7. The molecule has 0 radical (unpaired) electrons. The number of unbranched alkanes of at least 4 members (excludes halogenated alkanes) is 1. The Morgan fingerprint density at radius 1 is 0.786 bits per heavy atom. The molecule has 2 fully saturated rings. The van der Waals surface area contributed by atoms with Crippen molar-refractivity contribution in [3.05, 3.63) is 93.6 Å². The van der Waals surface area contributed by atoms with Crippen LogP contribution >= 0.6 is 0 Å². The molecule has 0 unspecified atom stereocenters. The Labute approximate surface area is 257 Å². The summed E-state index contributed by atoms with van der Waals surface area (Å²) in [5.74, 6) is 2.60. The van der Waals surface area contributed by atoms with Gasteiger partial charge in [0.05, 0.1) is 0 Å². The monoisotopic (exact) mass is 568 g/mol. The van der Waals surface area contributed by atoms with Crippen LogP contribution in [0.1, 0.15) is 155 Å². The van der Waals surface area contributed by atoms with E-state index in [2.05, 4.69) is 68.5 Å². The van der Waals surface area contributed by atoms with Gasteiger partial charge in [-0.05, 0) is 111 Å². The van der Waals surface area contributed by atoms with Gasteiger partial charge in [0, 0.05) is 12.0 Å². The first kappa shape index (κ1) is 33.8. The highest BCUT2D eigenvalue weighted by Gasteiger charge is 2.26. The number of Topliss-reactive ketones (excluding diaryl/α,β-unsaturated/α-hetero) is 1. The summed E-state index contributed by atoms with van der Waals surface area (Å²) in [6.07, 6.45) is 22.9. The van der Waals surface area contributed by atoms with Crippen LogP contribution in [-0.2, 0) is 11.2 Å². The molecule has 0 aromatic heterocycles. The summed E-state index contributed by atoms with van der Waals surface area (Å²) in [4.78, 5) is 21.2. The van der Waals surface area contributed by atoms with E-state index in [4.69, 9.17) is 4.79 Å². The van der Waals surface area contributed by atoms with Gasteiger partial charge in [-0.25, -0.2) is 0 Å². The second-order valence-electron chi connectivity index (χ2n) is 12.7. The van der Waals surface area contributed by atoms with Gasteiger partial charge in [0.2, 0.25) is 0 Å². The summed E-state index contributed by atoms with van der Waals surface area (Å²) in [7, 11) is 0. The van der Waals surface area contributed by atoms with E-state index in [1.165, 1.54) is 86.5 Å². The molecule has 0 heterocycles. The third-order valence-electron chi connectivity index (χ3n) is 9.83. The van der Waals surface area contributed by atoms with E-state index < -0.39 is 0 Å². The van der Waals surface area contributed by atoms with Gasteiger partial charge in [0.15, 0.2) is 5.78 Å². The maximum absolute atomic E-state index is 13.2. The third-order valence-corrected chi connectivity index (χ3v) is 9.83. The standard InChI is InChI=1S/C37H48O.C2H6.CH2O/c1-27-15-16-30(25-27)17-18-33-26-34(37(38)14-8-6-12-29-10-4-5-11-29)23-24-36(33)32-21-19-31(20-22-32)35-13-7-3-9-28(35)2;2*1-2/h3,7,9,13,15-16,23-24,26,29,31-32H,4-6,8,10-12,14,17-22,25H2,1-2H3;1-2H3;1H2. The van der Waals surface area contributed by atoms with E-state index in [1.807, 2.05) is 20.6 Å². The third kappa shape index (κ3) is 9.65. The van der Waals surface area contributed by atoms with Gasteiger partial charge in [-0.15, -0.1) is 0 Å². The number of hydrogen-bond donors (Lipinski definition) is 0. The van der Waals surface area contributed by atoms with Crippen LogP contribution in [0.15, 0.2) is 65.8 Å². The molecule has 42 heavy (non-hydrogen) atoms. The molecule has 2 aromatic carbocycles. The van der Waals surface area contributed by atoms with Gasteiger partial charge >= 0.3 is 0 Å². The van der Waals surface area contributed by atoms with E-state index in [-0.39, 0.29) is 0 Å². The predicted molar refractivity (Wildman–Crippen MR) is 180 cm³/mol. The summed E-state index contributed by atoms with van der Waals surface area (Å²) < 4.78 is 0. The first-order valence-electron chi connectivity index (χ1n) is 16.9. The zero-order valence-electron chi connectivity index (χ0n) is 27.1. The molecule has 2 aromatic rings. The Hall–Kier alpha value is -2.74. The van der Waals surface area contributed by atoms with Gasteiger partial charge in [0.1, 0.15) is 6.79 Å². The van der Waals surface area contributed by atoms with Crippen molar-refractivity contribution in [3.8, 4) is 0 Å². The normalized spacial score (nSPS) is 20.1. The van der Waals surface area contributed by atoms with E-state index in [0.717, 1.165) is 37.2 Å². The molecule has 0 saturated heterocycles. The number of ketones is 1. The van der Waals surface area contributed by atoms with Crippen LogP contribution in [0, 0.1) is 12.8 Å². The topological polar surface area (TPSA) is 34.1 Å². The lowest BCUT2D eigenvalue weighted by Crippen LogP contribution is -2.15. The molecular formula is C40H56O2. The molecule has 0 N–H and O–H groups in total. The molecule has 0 amide bonds. The minimum absolute atomic E-state index is 0.352. The van der Waals surface area contributed by atoms with Gasteiger partial charge in [0.25, 0.3) is 0 Å². The number of hydrogen-bond acceptors (Lipinski definition) is 2. The van der Waals surface area contributed by atoms with Crippen molar-refractivity contribution in [2.45, 2.75) is 136 Å². The summed E-state index contributed by atoms with van der Waals surface area (Å²) >= 11 is 0. The summed E-state index contributed by atoms with van der Waals surface area (Å²) in [6, 6.07) is 15.7. The Morgan fingerprint density at radius 2 is 1.45 bits per heavy atom. The van der Waals surface area contributed by atoms with E-state index in [9.17, 15) is 4.79 Å². The first-order chi connectivity index (χ1) is 20.6. The maximum Gasteiger partial charge on any atom is 0.162 e. The highest BCUT2D eigenvalue weighted by molar-refractivity contribution is 5.96. The number of rotatable bonds is 11. The number of carbonyl (C=O) groups is 2. The second kappa shape index (κ2) is 18.0. The van der Waals surface area contributed by atoms with Crippen molar-refractivity contribution < 1.29 is 9.59 Å². The van der Waals surface area contributed by atoms with Gasteiger partial charge in [-0.2, -0.15) is 0 Å². The summed E-state index contributed by atoms with van der Waals surface area (Å²) in [6.45, 7) is 10.5. The molecule has 5 rings (SSSR count). The Bertz CT molecular complexity index is 1170. The first-order valence-corrected chi connectivity index (χ1v) is 16.9. The lowest BCUT2D eigenvalue weighted by atomic mass is 9.74. The molecule has 0 spiro atoms. The molecule has 3 aliphatic carbocycles. The highest BCUT2D eigenvalue weighted by atomic mass is 16.1. The van der Waals surface area contributed by atoms with Crippen molar-refractivity contribution in [2.75, 3.05) is 0 Å². The van der Waals surface area contributed by atoms with Crippen LogP contribution in [0.5, 0.6) is 0 Å². The van der Waals surface area contributed by atoms with Crippen LogP contribution in [0.2, 0.25) is 0 Å². The quantitative estimate of drug-likeness (QED) is 0.199. The molecule has 228 valence electrons. The van der Waals surface area contributed by atoms with Crippen LogP contribution in [0.4, 0.5) is 0 Å². The Balaban J connectivity index is 0.00000116. The van der Waals surface area contributed by atoms with Crippen LogP contribution in [-0.4, -0.2) is 12.6 Å². The SMILES string of the molecule is C=O.CC.CC1=CC=C(CCc2cc(C(=O)CCCCC3CCCC3)ccc2C2CCC(c3ccccc3C)CC2)C1. The predicted octanol–water partition coefficient (Wildman–Crippen LogP) is 11.4. The number of carbonyl (C=O) groups excluding carboxylic acids is 2. The van der Waals surface area contributed by atoms with Crippen molar-refractivity contribution in [3.63, 3.8) is 0 Å². The molecule has 2 nitrogen and oxygen atoms in total. The molecule has 3 aliphatic rings. The van der Waals surface area contributed by atoms with Crippen LogP contribution in [0.3, 0.4) is 0 Å². The van der Waals surface area contributed by atoms with Crippen molar-refractivity contribution in [1.29, 1.82) is 0 Å². The lowest BCUT2D eigenvalue weighted by molar-refractivity contribution is -0.0980. The largest absolute Gasteiger partial charge is 0.307 e. The Morgan fingerprint density at radius 3 is 2.10 bits per heavy atom. The van der Waals surface area contributed by atoms with Crippen LogP contribution < -0.4 is 0 Å². The highest BCUT2D eigenvalue weighted by Crippen LogP contribution is 2.42. The number of allylic oxidation sites excluding steroid dienone is 4. The average Bonchev–Trinajstić information content (AvgIpc) is 3.72. The minimum Gasteiger partial charge on any atom is -0.307 e. The fourth-order valence-corrected chi connectivity index (χ4v) is 7.52. The molecule has 0 bridgehead atoms. The molecular weight excluding hydrogens is 512 g/mol. The van der Waals surface area contributed by atoms with Crippen molar-refractivity contribution in [2.24, 2.45) is 5.92 Å². The maximum atomic E-state index is 13.2. The molecule has 0 aliphatic heterocycles. The van der Waals surface area contributed by atoms with Crippen molar-refractivity contribution in [1.82, 2.24) is 0 Å². The average molecular weight is 569 g/mol. The summed E-state index contributed by atoms with van der Waals surface area (Å²) in [5, 5.41) is 0. The number of aryl methyl sites for hydroxylation is 2. The molecule has 2 saturated carbocycles. The smallest absolute Gasteiger partial charge is 0.162 e.